The first-order valence-electron chi connectivity index (χ1n) is 4.33. The number of nitrogens with two attached hydrogens (primary N) is 1. The summed E-state index contributed by atoms with van der Waals surface area (Å²) >= 11 is 3.38. The molecule has 3 nitrogen and oxygen atoms in total. The maximum atomic E-state index is 12.7. The predicted octanol–water partition coefficient (Wildman–Crippen LogP) is 2.57. The molecule has 2 rings (SSSR count). The Morgan fingerprint density at radius 2 is 1.93 bits per heavy atom. The van der Waals surface area contributed by atoms with E-state index in [0.29, 0.717) is 5.95 Å². The number of benzene rings is 1. The minimum absolute atomic E-state index is 0.265. The fraction of sp³-hybridized carbons (Fsp3) is 0.100. The normalized spacial score (nSPS) is 10.6. The van der Waals surface area contributed by atoms with Gasteiger partial charge in [-0.25, -0.2) is 9.37 Å². The van der Waals surface area contributed by atoms with Crippen LogP contribution >= 0.6 is 15.9 Å². The Bertz CT molecular complexity index is 490. The zero-order chi connectivity index (χ0) is 11.0. The number of hydrogen-bond acceptors (Lipinski definition) is 2. The molecule has 0 aliphatic heterocycles. The molecule has 0 aliphatic carbocycles. The molecule has 1 aromatic heterocycles. The highest BCUT2D eigenvalue weighted by Crippen LogP contribution is 2.28. The topological polar surface area (TPSA) is 43.8 Å². The summed E-state index contributed by atoms with van der Waals surface area (Å²) in [6.07, 6.45) is 0. The second-order valence-corrected chi connectivity index (χ2v) is 3.93. The molecule has 0 saturated heterocycles. The lowest BCUT2D eigenvalue weighted by atomic mass is 10.2. The van der Waals surface area contributed by atoms with Gasteiger partial charge in [-0.3, -0.25) is 0 Å². The molecule has 1 aromatic carbocycles. The Kier molecular flexibility index (Phi) is 2.48. The molecule has 0 radical (unpaired) electrons. The van der Waals surface area contributed by atoms with Gasteiger partial charge in [0.25, 0.3) is 0 Å². The van der Waals surface area contributed by atoms with Crippen molar-refractivity contribution in [3.8, 4) is 11.3 Å². The van der Waals surface area contributed by atoms with Crippen molar-refractivity contribution >= 4 is 21.9 Å². The Morgan fingerprint density at radius 1 is 1.33 bits per heavy atom. The molecular formula is C10H9BrFN3. The Hall–Kier alpha value is -1.36. The highest BCUT2D eigenvalue weighted by atomic mass is 79.9. The molecule has 0 aliphatic rings. The first kappa shape index (κ1) is 10.2. The van der Waals surface area contributed by atoms with Crippen LogP contribution in [0, 0.1) is 5.82 Å². The molecule has 0 saturated carbocycles. The minimum atomic E-state index is -0.265. The summed E-state index contributed by atoms with van der Waals surface area (Å²) in [6.45, 7) is 0. The summed E-state index contributed by atoms with van der Waals surface area (Å²) < 4.78 is 15.2. The van der Waals surface area contributed by atoms with Crippen LogP contribution < -0.4 is 5.73 Å². The first-order valence-corrected chi connectivity index (χ1v) is 5.12. The lowest BCUT2D eigenvalue weighted by Gasteiger charge is -1.98. The molecule has 0 bridgehead atoms. The van der Waals surface area contributed by atoms with Gasteiger partial charge in [0.05, 0.1) is 0 Å². The van der Waals surface area contributed by atoms with Gasteiger partial charge < -0.3 is 10.3 Å². The van der Waals surface area contributed by atoms with Crippen molar-refractivity contribution in [1.29, 1.82) is 0 Å². The van der Waals surface area contributed by atoms with E-state index in [9.17, 15) is 4.39 Å². The smallest absolute Gasteiger partial charge is 0.201 e. The standard InChI is InChI=1S/C10H9BrFN3/c1-15-9(11)8(14-10(15)13)6-2-4-7(12)5-3-6/h2-5H,1H3,(H2,13,14). The summed E-state index contributed by atoms with van der Waals surface area (Å²) in [5, 5.41) is 0. The Balaban J connectivity index is 2.54. The molecule has 5 heteroatoms. The fourth-order valence-electron chi connectivity index (χ4n) is 1.29. The van der Waals surface area contributed by atoms with E-state index in [1.54, 1.807) is 23.7 Å². The molecule has 0 amide bonds. The number of imidazole rings is 1. The molecule has 78 valence electrons. The Labute approximate surface area is 94.9 Å². The van der Waals surface area contributed by atoms with E-state index in [-0.39, 0.29) is 5.82 Å². The monoisotopic (exact) mass is 269 g/mol. The van der Waals surface area contributed by atoms with Crippen molar-refractivity contribution in [2.24, 2.45) is 7.05 Å². The molecule has 0 fully saturated rings. The lowest BCUT2D eigenvalue weighted by molar-refractivity contribution is 0.628. The van der Waals surface area contributed by atoms with Gasteiger partial charge in [0.2, 0.25) is 5.95 Å². The number of hydrogen-bond donors (Lipinski definition) is 1. The maximum Gasteiger partial charge on any atom is 0.201 e. The van der Waals surface area contributed by atoms with E-state index in [2.05, 4.69) is 20.9 Å². The quantitative estimate of drug-likeness (QED) is 0.865. The summed E-state index contributed by atoms with van der Waals surface area (Å²) in [7, 11) is 1.80. The van der Waals surface area contributed by atoms with Crippen molar-refractivity contribution in [2.45, 2.75) is 0 Å². The third-order valence-electron chi connectivity index (χ3n) is 2.18. The molecule has 0 atom stereocenters. The third kappa shape index (κ3) is 1.74. The molecule has 15 heavy (non-hydrogen) atoms. The van der Waals surface area contributed by atoms with Crippen LogP contribution in [0.25, 0.3) is 11.3 Å². The van der Waals surface area contributed by atoms with Gasteiger partial charge in [0, 0.05) is 12.6 Å². The molecule has 1 heterocycles. The van der Waals surface area contributed by atoms with Crippen molar-refractivity contribution < 1.29 is 4.39 Å². The number of rotatable bonds is 1. The van der Waals surface area contributed by atoms with E-state index in [1.807, 2.05) is 0 Å². The first-order chi connectivity index (χ1) is 7.09. The van der Waals surface area contributed by atoms with E-state index in [1.165, 1.54) is 12.1 Å². The molecule has 0 unspecified atom stereocenters. The summed E-state index contributed by atoms with van der Waals surface area (Å²) in [5.41, 5.74) is 7.20. The van der Waals surface area contributed by atoms with Gasteiger partial charge in [-0.2, -0.15) is 0 Å². The fourth-order valence-corrected chi connectivity index (χ4v) is 1.79. The number of anilines is 1. The van der Waals surface area contributed by atoms with E-state index >= 15 is 0 Å². The zero-order valence-corrected chi connectivity index (χ0v) is 9.62. The van der Waals surface area contributed by atoms with E-state index in [0.717, 1.165) is 15.9 Å². The molecular weight excluding hydrogens is 261 g/mol. The van der Waals surface area contributed by atoms with Crippen molar-refractivity contribution in [1.82, 2.24) is 9.55 Å². The highest BCUT2D eigenvalue weighted by Gasteiger charge is 2.11. The van der Waals surface area contributed by atoms with Crippen LogP contribution in [0.3, 0.4) is 0 Å². The van der Waals surface area contributed by atoms with Crippen LogP contribution in [0.4, 0.5) is 10.3 Å². The average Bonchev–Trinajstić information content (AvgIpc) is 2.47. The van der Waals surface area contributed by atoms with Gasteiger partial charge >= 0.3 is 0 Å². The molecule has 0 spiro atoms. The van der Waals surface area contributed by atoms with Crippen molar-refractivity contribution in [3.05, 3.63) is 34.7 Å². The van der Waals surface area contributed by atoms with Crippen LogP contribution in [0.1, 0.15) is 0 Å². The highest BCUT2D eigenvalue weighted by molar-refractivity contribution is 9.10. The van der Waals surface area contributed by atoms with Crippen LogP contribution in [0.5, 0.6) is 0 Å². The van der Waals surface area contributed by atoms with Crippen molar-refractivity contribution in [2.75, 3.05) is 5.73 Å². The lowest BCUT2D eigenvalue weighted by Crippen LogP contribution is -1.96. The Morgan fingerprint density at radius 3 is 2.40 bits per heavy atom. The van der Waals surface area contributed by atoms with Gasteiger partial charge in [-0.1, -0.05) is 0 Å². The number of nitrogens with zero attached hydrogens (tertiary/aromatic N) is 2. The summed E-state index contributed by atoms with van der Waals surface area (Å²) in [6, 6.07) is 6.13. The summed E-state index contributed by atoms with van der Waals surface area (Å²) in [4.78, 5) is 4.18. The van der Waals surface area contributed by atoms with Crippen LogP contribution in [0.15, 0.2) is 28.9 Å². The second kappa shape index (κ2) is 3.66. The average molecular weight is 270 g/mol. The van der Waals surface area contributed by atoms with Gasteiger partial charge in [-0.05, 0) is 40.2 Å². The third-order valence-corrected chi connectivity index (χ3v) is 3.09. The van der Waals surface area contributed by atoms with E-state index in [4.69, 9.17) is 5.73 Å². The van der Waals surface area contributed by atoms with Crippen molar-refractivity contribution in [3.63, 3.8) is 0 Å². The number of aromatic nitrogens is 2. The second-order valence-electron chi connectivity index (χ2n) is 3.18. The number of halogens is 2. The SMILES string of the molecule is Cn1c(N)nc(-c2ccc(F)cc2)c1Br. The van der Waals surface area contributed by atoms with Crippen LogP contribution in [-0.2, 0) is 7.05 Å². The summed E-state index contributed by atoms with van der Waals surface area (Å²) in [5.74, 6) is 0.153. The van der Waals surface area contributed by atoms with Crippen LogP contribution in [0.2, 0.25) is 0 Å². The van der Waals surface area contributed by atoms with E-state index < -0.39 is 0 Å². The number of nitrogen functional groups attached to an aromatic ring is 1. The van der Waals surface area contributed by atoms with Gasteiger partial charge in [-0.15, -0.1) is 0 Å². The maximum absolute atomic E-state index is 12.7. The zero-order valence-electron chi connectivity index (χ0n) is 8.04. The minimum Gasteiger partial charge on any atom is -0.369 e. The molecule has 2 N–H and O–H groups in total. The predicted molar refractivity (Wildman–Crippen MR) is 60.7 cm³/mol. The van der Waals surface area contributed by atoms with Crippen LogP contribution in [-0.4, -0.2) is 9.55 Å². The molecule has 2 aromatic rings. The van der Waals surface area contributed by atoms with Gasteiger partial charge in [0.1, 0.15) is 16.1 Å². The van der Waals surface area contributed by atoms with Gasteiger partial charge in [0.15, 0.2) is 0 Å². The largest absolute Gasteiger partial charge is 0.369 e.